The van der Waals surface area contributed by atoms with Gasteiger partial charge >= 0.3 is 0 Å². The maximum atomic E-state index is 13.2. The van der Waals surface area contributed by atoms with Crippen LogP contribution in [0.2, 0.25) is 0 Å². The minimum absolute atomic E-state index is 0.152. The SMILES string of the molecule is Fc1cc(Br)cc(SCC2CCCCC2)c1. The third kappa shape index (κ3) is 3.77. The number of thioether (sulfide) groups is 1. The fourth-order valence-electron chi connectivity index (χ4n) is 2.18. The van der Waals surface area contributed by atoms with Crippen molar-refractivity contribution < 1.29 is 4.39 Å². The van der Waals surface area contributed by atoms with Crippen LogP contribution in [-0.2, 0) is 0 Å². The Balaban J connectivity index is 1.88. The molecule has 88 valence electrons. The minimum Gasteiger partial charge on any atom is -0.207 e. The third-order valence-electron chi connectivity index (χ3n) is 3.05. The second kappa shape index (κ2) is 6.06. The van der Waals surface area contributed by atoms with Gasteiger partial charge in [-0.2, -0.15) is 0 Å². The molecule has 1 aromatic carbocycles. The van der Waals surface area contributed by atoms with E-state index in [1.165, 1.54) is 38.2 Å². The van der Waals surface area contributed by atoms with Gasteiger partial charge in [0.05, 0.1) is 0 Å². The highest BCUT2D eigenvalue weighted by molar-refractivity contribution is 9.10. The van der Waals surface area contributed by atoms with Crippen LogP contribution >= 0.6 is 27.7 Å². The largest absolute Gasteiger partial charge is 0.207 e. The summed E-state index contributed by atoms with van der Waals surface area (Å²) in [6.07, 6.45) is 6.84. The van der Waals surface area contributed by atoms with Crippen LogP contribution in [0.4, 0.5) is 4.39 Å². The Morgan fingerprint density at radius 3 is 2.62 bits per heavy atom. The van der Waals surface area contributed by atoms with Gasteiger partial charge in [-0.05, 0) is 37.0 Å². The van der Waals surface area contributed by atoms with Crippen LogP contribution in [0.15, 0.2) is 27.6 Å². The molecular formula is C13H16BrFS. The zero-order valence-corrected chi connectivity index (χ0v) is 11.6. The van der Waals surface area contributed by atoms with Gasteiger partial charge in [0.25, 0.3) is 0 Å². The van der Waals surface area contributed by atoms with E-state index in [9.17, 15) is 4.39 Å². The monoisotopic (exact) mass is 302 g/mol. The summed E-state index contributed by atoms with van der Waals surface area (Å²) >= 11 is 5.11. The Hall–Kier alpha value is -0.0200. The average Bonchev–Trinajstić information content (AvgIpc) is 2.27. The van der Waals surface area contributed by atoms with Gasteiger partial charge in [-0.15, -0.1) is 11.8 Å². The van der Waals surface area contributed by atoms with Gasteiger partial charge in [0.2, 0.25) is 0 Å². The first kappa shape index (κ1) is 12.4. The first-order valence-electron chi connectivity index (χ1n) is 5.83. The molecule has 1 aliphatic rings. The topological polar surface area (TPSA) is 0 Å². The molecule has 0 nitrogen and oxygen atoms in total. The summed E-state index contributed by atoms with van der Waals surface area (Å²) in [5.74, 6) is 1.82. The molecule has 0 aliphatic heterocycles. The summed E-state index contributed by atoms with van der Waals surface area (Å²) in [7, 11) is 0. The quantitative estimate of drug-likeness (QED) is 0.686. The molecule has 2 rings (SSSR count). The van der Waals surface area contributed by atoms with E-state index in [4.69, 9.17) is 0 Å². The first-order valence-corrected chi connectivity index (χ1v) is 7.61. The summed E-state index contributed by atoms with van der Waals surface area (Å²) in [5.41, 5.74) is 0. The molecule has 0 heterocycles. The van der Waals surface area contributed by atoms with E-state index in [1.54, 1.807) is 17.8 Å². The molecule has 0 amide bonds. The van der Waals surface area contributed by atoms with Crippen molar-refractivity contribution in [3.8, 4) is 0 Å². The smallest absolute Gasteiger partial charge is 0.125 e. The van der Waals surface area contributed by atoms with E-state index >= 15 is 0 Å². The van der Waals surface area contributed by atoms with Gasteiger partial charge in [-0.25, -0.2) is 4.39 Å². The predicted molar refractivity (Wildman–Crippen MR) is 71.4 cm³/mol. The lowest BCUT2D eigenvalue weighted by molar-refractivity contribution is 0.391. The summed E-state index contributed by atoms with van der Waals surface area (Å²) < 4.78 is 14.0. The van der Waals surface area contributed by atoms with E-state index in [2.05, 4.69) is 15.9 Å². The maximum absolute atomic E-state index is 13.2. The van der Waals surface area contributed by atoms with Crippen LogP contribution in [0.3, 0.4) is 0 Å². The van der Waals surface area contributed by atoms with E-state index < -0.39 is 0 Å². The number of hydrogen-bond donors (Lipinski definition) is 0. The Labute approximate surface area is 109 Å². The lowest BCUT2D eigenvalue weighted by atomic mass is 9.91. The minimum atomic E-state index is -0.152. The molecule has 3 heteroatoms. The fraction of sp³-hybridized carbons (Fsp3) is 0.538. The standard InChI is InChI=1S/C13H16BrFS/c14-11-6-12(15)8-13(7-11)16-9-10-4-2-1-3-5-10/h6-8,10H,1-5,9H2. The van der Waals surface area contributed by atoms with Gasteiger partial charge in [-0.1, -0.05) is 35.2 Å². The van der Waals surface area contributed by atoms with Crippen LogP contribution in [0.25, 0.3) is 0 Å². The van der Waals surface area contributed by atoms with Crippen molar-refractivity contribution >= 4 is 27.7 Å². The molecule has 1 aromatic rings. The van der Waals surface area contributed by atoms with Crippen molar-refractivity contribution in [3.05, 3.63) is 28.5 Å². The van der Waals surface area contributed by atoms with Crippen molar-refractivity contribution in [2.24, 2.45) is 5.92 Å². The Morgan fingerprint density at radius 2 is 1.94 bits per heavy atom. The molecular weight excluding hydrogens is 287 g/mol. The van der Waals surface area contributed by atoms with Crippen LogP contribution in [0, 0.1) is 11.7 Å². The molecule has 0 spiro atoms. The molecule has 0 unspecified atom stereocenters. The molecule has 0 N–H and O–H groups in total. The van der Waals surface area contributed by atoms with E-state index in [0.717, 1.165) is 21.0 Å². The second-order valence-electron chi connectivity index (χ2n) is 4.42. The molecule has 0 atom stereocenters. The van der Waals surface area contributed by atoms with Crippen LogP contribution < -0.4 is 0 Å². The van der Waals surface area contributed by atoms with Crippen LogP contribution in [0.5, 0.6) is 0 Å². The van der Waals surface area contributed by atoms with Gasteiger partial charge in [-0.3, -0.25) is 0 Å². The molecule has 0 saturated heterocycles. The zero-order valence-electron chi connectivity index (χ0n) is 9.22. The zero-order chi connectivity index (χ0) is 11.4. The Bertz CT molecular complexity index is 328. The van der Waals surface area contributed by atoms with E-state index in [1.807, 2.05) is 6.07 Å². The molecule has 1 aliphatic carbocycles. The molecule has 1 fully saturated rings. The highest BCUT2D eigenvalue weighted by atomic mass is 79.9. The molecule has 16 heavy (non-hydrogen) atoms. The molecule has 0 radical (unpaired) electrons. The van der Waals surface area contributed by atoms with Gasteiger partial charge < -0.3 is 0 Å². The number of halogens is 2. The summed E-state index contributed by atoms with van der Waals surface area (Å²) in [6, 6.07) is 5.12. The lowest BCUT2D eigenvalue weighted by Crippen LogP contribution is -2.08. The normalized spacial score (nSPS) is 17.6. The first-order chi connectivity index (χ1) is 7.74. The molecule has 1 saturated carbocycles. The maximum Gasteiger partial charge on any atom is 0.125 e. The second-order valence-corrected chi connectivity index (χ2v) is 6.43. The Morgan fingerprint density at radius 1 is 1.19 bits per heavy atom. The Kier molecular flexibility index (Phi) is 4.71. The number of hydrogen-bond acceptors (Lipinski definition) is 1. The molecule has 0 bridgehead atoms. The lowest BCUT2D eigenvalue weighted by Gasteiger charge is -2.20. The summed E-state index contributed by atoms with van der Waals surface area (Å²) in [6.45, 7) is 0. The van der Waals surface area contributed by atoms with Crippen molar-refractivity contribution in [1.82, 2.24) is 0 Å². The van der Waals surface area contributed by atoms with Crippen molar-refractivity contribution in [1.29, 1.82) is 0 Å². The highest BCUT2D eigenvalue weighted by Gasteiger charge is 2.13. The van der Waals surface area contributed by atoms with Crippen molar-refractivity contribution in [2.75, 3.05) is 5.75 Å². The summed E-state index contributed by atoms with van der Waals surface area (Å²) in [5, 5.41) is 0. The number of rotatable bonds is 3. The van der Waals surface area contributed by atoms with Crippen LogP contribution in [-0.4, -0.2) is 5.75 Å². The van der Waals surface area contributed by atoms with E-state index in [-0.39, 0.29) is 5.82 Å². The highest BCUT2D eigenvalue weighted by Crippen LogP contribution is 2.31. The fourth-order valence-corrected chi connectivity index (χ4v) is 3.96. The summed E-state index contributed by atoms with van der Waals surface area (Å²) in [4.78, 5) is 1.04. The predicted octanol–water partition coefficient (Wildman–Crippen LogP) is 5.26. The third-order valence-corrected chi connectivity index (χ3v) is 4.71. The van der Waals surface area contributed by atoms with Gasteiger partial charge in [0.1, 0.15) is 5.82 Å². The number of benzene rings is 1. The van der Waals surface area contributed by atoms with Crippen molar-refractivity contribution in [3.63, 3.8) is 0 Å². The molecule has 0 aromatic heterocycles. The van der Waals surface area contributed by atoms with Gasteiger partial charge in [0, 0.05) is 15.1 Å². The van der Waals surface area contributed by atoms with Crippen molar-refractivity contribution in [2.45, 2.75) is 37.0 Å². The van der Waals surface area contributed by atoms with E-state index in [0.29, 0.717) is 0 Å². The average molecular weight is 303 g/mol. The van der Waals surface area contributed by atoms with Crippen LogP contribution in [0.1, 0.15) is 32.1 Å². The van der Waals surface area contributed by atoms with Gasteiger partial charge in [0.15, 0.2) is 0 Å².